The van der Waals surface area contributed by atoms with Crippen molar-refractivity contribution in [3.8, 4) is 0 Å². The molecule has 6 heteroatoms. The highest BCUT2D eigenvalue weighted by atomic mass is 16.5. The molecule has 20 heavy (non-hydrogen) atoms. The van der Waals surface area contributed by atoms with E-state index in [0.29, 0.717) is 26.3 Å². The normalized spacial score (nSPS) is 28.8. The Bertz CT molecular complexity index is 356. The molecule has 2 rings (SSSR count). The minimum atomic E-state index is -0.463. The van der Waals surface area contributed by atoms with Crippen LogP contribution in [0.25, 0.3) is 0 Å². The number of ether oxygens (including phenoxy) is 1. The van der Waals surface area contributed by atoms with E-state index in [1.807, 2.05) is 6.92 Å². The third kappa shape index (κ3) is 3.70. The summed E-state index contributed by atoms with van der Waals surface area (Å²) in [5.41, 5.74) is 0. The van der Waals surface area contributed by atoms with Crippen molar-refractivity contribution >= 4 is 11.8 Å². The molecule has 0 spiro atoms. The highest BCUT2D eigenvalue weighted by molar-refractivity contribution is 5.88. The van der Waals surface area contributed by atoms with Gasteiger partial charge in [-0.15, -0.1) is 0 Å². The Balaban J connectivity index is 1.84. The predicted octanol–water partition coefficient (Wildman–Crippen LogP) is -0.262. The lowest BCUT2D eigenvalue weighted by Crippen LogP contribution is -2.54. The van der Waals surface area contributed by atoms with Crippen molar-refractivity contribution in [2.24, 2.45) is 5.92 Å². The lowest BCUT2D eigenvalue weighted by molar-refractivity contribution is -0.140. The van der Waals surface area contributed by atoms with Gasteiger partial charge in [-0.3, -0.25) is 9.59 Å². The van der Waals surface area contributed by atoms with Crippen LogP contribution in [0.15, 0.2) is 0 Å². The number of amides is 2. The fourth-order valence-electron chi connectivity index (χ4n) is 2.84. The maximum atomic E-state index is 12.3. The summed E-state index contributed by atoms with van der Waals surface area (Å²) in [6.07, 6.45) is 1.90. The number of hydrogen-bond donors (Lipinski definition) is 2. The molecule has 0 aromatic heterocycles. The van der Waals surface area contributed by atoms with Gasteiger partial charge in [-0.25, -0.2) is 0 Å². The van der Waals surface area contributed by atoms with E-state index in [1.165, 1.54) is 0 Å². The second-order valence-electron chi connectivity index (χ2n) is 5.66. The Labute approximate surface area is 120 Å². The summed E-state index contributed by atoms with van der Waals surface area (Å²) >= 11 is 0. The Kier molecular flexibility index (Phi) is 5.37. The van der Waals surface area contributed by atoms with E-state index in [1.54, 1.807) is 11.8 Å². The maximum absolute atomic E-state index is 12.3. The number of nitrogens with one attached hydrogen (secondary N) is 2. The largest absolute Gasteiger partial charge is 0.378 e. The average Bonchev–Trinajstić information content (AvgIpc) is 2.47. The van der Waals surface area contributed by atoms with Crippen LogP contribution in [0.3, 0.4) is 0 Å². The van der Waals surface area contributed by atoms with Gasteiger partial charge in [0.25, 0.3) is 0 Å². The zero-order valence-electron chi connectivity index (χ0n) is 12.4. The molecule has 114 valence electrons. The lowest BCUT2D eigenvalue weighted by atomic mass is 9.91. The van der Waals surface area contributed by atoms with E-state index < -0.39 is 6.04 Å². The molecule has 0 aliphatic carbocycles. The first-order valence-electron chi connectivity index (χ1n) is 7.50. The van der Waals surface area contributed by atoms with Gasteiger partial charge in [-0.2, -0.15) is 0 Å². The molecule has 0 saturated carbocycles. The average molecular weight is 283 g/mol. The van der Waals surface area contributed by atoms with E-state index >= 15 is 0 Å². The van der Waals surface area contributed by atoms with Gasteiger partial charge in [0.2, 0.25) is 11.8 Å². The van der Waals surface area contributed by atoms with Crippen LogP contribution in [0.2, 0.25) is 0 Å². The molecule has 6 nitrogen and oxygen atoms in total. The van der Waals surface area contributed by atoms with Gasteiger partial charge in [-0.1, -0.05) is 0 Å². The van der Waals surface area contributed by atoms with Crippen molar-refractivity contribution in [3.63, 3.8) is 0 Å². The van der Waals surface area contributed by atoms with Crippen molar-refractivity contribution in [1.82, 2.24) is 15.5 Å². The molecule has 0 bridgehead atoms. The Morgan fingerprint density at radius 3 is 2.70 bits per heavy atom. The minimum Gasteiger partial charge on any atom is -0.378 e. The molecule has 0 radical (unpaired) electrons. The second-order valence-corrected chi connectivity index (χ2v) is 5.66. The van der Waals surface area contributed by atoms with Gasteiger partial charge in [0.05, 0.1) is 19.1 Å². The zero-order chi connectivity index (χ0) is 14.5. The molecule has 2 aliphatic rings. The molecule has 0 aromatic rings. The highest BCUT2D eigenvalue weighted by Gasteiger charge is 2.30. The first kappa shape index (κ1) is 15.3. The van der Waals surface area contributed by atoms with Gasteiger partial charge in [0.15, 0.2) is 0 Å². The number of carbonyl (C=O) groups is 2. The van der Waals surface area contributed by atoms with E-state index in [4.69, 9.17) is 4.74 Å². The third-order valence-electron chi connectivity index (χ3n) is 4.15. The van der Waals surface area contributed by atoms with Crippen LogP contribution in [0.5, 0.6) is 0 Å². The van der Waals surface area contributed by atoms with Crippen LogP contribution in [0.4, 0.5) is 0 Å². The summed E-state index contributed by atoms with van der Waals surface area (Å²) in [7, 11) is 0. The Morgan fingerprint density at radius 2 is 2.05 bits per heavy atom. The van der Waals surface area contributed by atoms with Gasteiger partial charge in [0.1, 0.15) is 6.04 Å². The monoisotopic (exact) mass is 283 g/mol. The van der Waals surface area contributed by atoms with Crippen LogP contribution in [0, 0.1) is 5.92 Å². The Morgan fingerprint density at radius 1 is 1.35 bits per heavy atom. The summed E-state index contributed by atoms with van der Waals surface area (Å²) in [6.45, 7) is 7.13. The summed E-state index contributed by atoms with van der Waals surface area (Å²) in [6, 6.07) is -0.288. The topological polar surface area (TPSA) is 70.7 Å². The molecule has 2 saturated heterocycles. The summed E-state index contributed by atoms with van der Waals surface area (Å²) in [4.78, 5) is 26.3. The van der Waals surface area contributed by atoms with Crippen molar-refractivity contribution in [2.45, 2.75) is 38.8 Å². The number of nitrogens with zero attached hydrogens (tertiary/aromatic N) is 1. The molecular weight excluding hydrogens is 258 g/mol. The number of rotatable bonds is 3. The van der Waals surface area contributed by atoms with E-state index in [-0.39, 0.29) is 23.8 Å². The standard InChI is InChI=1S/C14H25N3O3/c1-10-12(4-3-5-15-10)13(18)16-11(2)14(19)17-6-8-20-9-7-17/h10-12,15H,3-9H2,1-2H3,(H,16,18). The van der Waals surface area contributed by atoms with E-state index in [0.717, 1.165) is 19.4 Å². The van der Waals surface area contributed by atoms with Gasteiger partial charge in [0, 0.05) is 19.1 Å². The smallest absolute Gasteiger partial charge is 0.245 e. The SMILES string of the molecule is CC(NC(=O)C1CCCNC1C)C(=O)N1CCOCC1. The molecule has 3 unspecified atom stereocenters. The quantitative estimate of drug-likeness (QED) is 0.748. The number of hydrogen-bond acceptors (Lipinski definition) is 4. The van der Waals surface area contributed by atoms with Crippen molar-refractivity contribution in [1.29, 1.82) is 0 Å². The van der Waals surface area contributed by atoms with Gasteiger partial charge < -0.3 is 20.3 Å². The minimum absolute atomic E-state index is 0.0150. The molecule has 2 aliphatic heterocycles. The predicted molar refractivity (Wildman–Crippen MR) is 75.2 cm³/mol. The molecule has 0 aromatic carbocycles. The van der Waals surface area contributed by atoms with Gasteiger partial charge >= 0.3 is 0 Å². The number of piperidine rings is 1. The van der Waals surface area contributed by atoms with Crippen LogP contribution in [-0.4, -0.2) is 61.6 Å². The van der Waals surface area contributed by atoms with Crippen molar-refractivity contribution in [3.05, 3.63) is 0 Å². The summed E-state index contributed by atoms with van der Waals surface area (Å²) in [5, 5.41) is 6.17. The first-order valence-corrected chi connectivity index (χ1v) is 7.50. The molecular formula is C14H25N3O3. The molecule has 2 N–H and O–H groups in total. The first-order chi connectivity index (χ1) is 9.59. The highest BCUT2D eigenvalue weighted by Crippen LogP contribution is 2.16. The van der Waals surface area contributed by atoms with Crippen molar-refractivity contribution < 1.29 is 14.3 Å². The van der Waals surface area contributed by atoms with Crippen LogP contribution < -0.4 is 10.6 Å². The maximum Gasteiger partial charge on any atom is 0.245 e. The van der Waals surface area contributed by atoms with Crippen LogP contribution in [0.1, 0.15) is 26.7 Å². The number of carbonyl (C=O) groups excluding carboxylic acids is 2. The van der Waals surface area contributed by atoms with E-state index in [2.05, 4.69) is 10.6 Å². The summed E-state index contributed by atoms with van der Waals surface area (Å²) < 4.78 is 5.23. The van der Waals surface area contributed by atoms with Gasteiger partial charge in [-0.05, 0) is 33.2 Å². The molecule has 3 atom stereocenters. The van der Waals surface area contributed by atoms with E-state index in [9.17, 15) is 9.59 Å². The molecule has 2 fully saturated rings. The third-order valence-corrected chi connectivity index (χ3v) is 4.15. The lowest BCUT2D eigenvalue weighted by Gasteiger charge is -2.32. The molecule has 2 heterocycles. The zero-order valence-corrected chi connectivity index (χ0v) is 12.4. The van der Waals surface area contributed by atoms with Crippen LogP contribution >= 0.6 is 0 Å². The molecule has 2 amide bonds. The second kappa shape index (κ2) is 7.04. The van der Waals surface area contributed by atoms with Crippen LogP contribution in [-0.2, 0) is 14.3 Å². The Hall–Kier alpha value is -1.14. The number of morpholine rings is 1. The fraction of sp³-hybridized carbons (Fsp3) is 0.857. The fourth-order valence-corrected chi connectivity index (χ4v) is 2.84. The van der Waals surface area contributed by atoms with Crippen molar-refractivity contribution in [2.75, 3.05) is 32.8 Å². The summed E-state index contributed by atoms with van der Waals surface area (Å²) in [5.74, 6) is -0.0689.